The summed E-state index contributed by atoms with van der Waals surface area (Å²) >= 11 is 5.56. The van der Waals surface area contributed by atoms with Crippen molar-refractivity contribution >= 4 is 23.3 Å². The van der Waals surface area contributed by atoms with Gasteiger partial charge >= 0.3 is 5.97 Å². The predicted molar refractivity (Wildman–Crippen MR) is 51.8 cm³/mol. The van der Waals surface area contributed by atoms with Crippen LogP contribution in [0.2, 0.25) is 0 Å². The lowest BCUT2D eigenvalue weighted by Crippen LogP contribution is -2.15. The fourth-order valence-electron chi connectivity index (χ4n) is 0.948. The summed E-state index contributed by atoms with van der Waals surface area (Å²) in [6.07, 6.45) is 0.317. The first-order valence-electron chi connectivity index (χ1n) is 3.81. The van der Waals surface area contributed by atoms with Crippen LogP contribution in [-0.2, 0) is 11.2 Å². The van der Waals surface area contributed by atoms with Crippen LogP contribution in [0.4, 0.5) is 5.69 Å². The molecule has 0 aliphatic rings. The number of hydrogen-bond acceptors (Lipinski definition) is 2. The smallest absolute Gasteiger partial charge is 0.321 e. The number of nitrogens with two attached hydrogens (primary N) is 1. The minimum Gasteiger partial charge on any atom is -0.480 e. The van der Waals surface area contributed by atoms with E-state index >= 15 is 0 Å². The Morgan fingerprint density at radius 2 is 2.00 bits per heavy atom. The van der Waals surface area contributed by atoms with E-state index in [1.165, 1.54) is 0 Å². The molecular formula is C9H10ClNO2. The molecule has 0 saturated carbocycles. The van der Waals surface area contributed by atoms with E-state index in [0.29, 0.717) is 12.1 Å². The monoisotopic (exact) mass is 199 g/mol. The third-order valence-electron chi connectivity index (χ3n) is 1.66. The molecule has 3 N–H and O–H groups in total. The largest absolute Gasteiger partial charge is 0.480 e. The van der Waals surface area contributed by atoms with E-state index in [1.54, 1.807) is 24.3 Å². The highest BCUT2D eigenvalue weighted by Gasteiger charge is 2.13. The molecule has 3 nitrogen and oxygen atoms in total. The van der Waals surface area contributed by atoms with Gasteiger partial charge in [-0.25, -0.2) is 0 Å². The molecule has 1 aromatic carbocycles. The van der Waals surface area contributed by atoms with Crippen molar-refractivity contribution in [3.63, 3.8) is 0 Å². The molecule has 0 fully saturated rings. The van der Waals surface area contributed by atoms with Crippen molar-refractivity contribution in [3.8, 4) is 0 Å². The summed E-state index contributed by atoms with van der Waals surface area (Å²) in [7, 11) is 0. The zero-order valence-corrected chi connectivity index (χ0v) is 7.66. The van der Waals surface area contributed by atoms with Crippen molar-refractivity contribution in [1.82, 2.24) is 0 Å². The summed E-state index contributed by atoms with van der Waals surface area (Å²) in [6, 6.07) is 6.99. The van der Waals surface area contributed by atoms with Gasteiger partial charge in [0, 0.05) is 5.69 Å². The van der Waals surface area contributed by atoms with Crippen molar-refractivity contribution in [1.29, 1.82) is 0 Å². The molecule has 0 heterocycles. The predicted octanol–water partition coefficient (Wildman–Crippen LogP) is 1.50. The van der Waals surface area contributed by atoms with Gasteiger partial charge in [0.15, 0.2) is 0 Å². The number of halogens is 1. The van der Waals surface area contributed by atoms with Gasteiger partial charge in [-0.2, -0.15) is 0 Å². The molecule has 0 amide bonds. The average molecular weight is 200 g/mol. The van der Waals surface area contributed by atoms with Gasteiger partial charge in [0.25, 0.3) is 0 Å². The number of aliphatic carboxylic acids is 1. The molecule has 0 aliphatic carbocycles. The fraction of sp³-hybridized carbons (Fsp3) is 0.222. The Hall–Kier alpha value is -1.22. The highest BCUT2D eigenvalue weighted by atomic mass is 35.5. The van der Waals surface area contributed by atoms with E-state index in [9.17, 15) is 4.79 Å². The van der Waals surface area contributed by atoms with Gasteiger partial charge in [0.2, 0.25) is 0 Å². The summed E-state index contributed by atoms with van der Waals surface area (Å²) in [5.74, 6) is -1.00. The maximum Gasteiger partial charge on any atom is 0.321 e. The summed E-state index contributed by atoms with van der Waals surface area (Å²) in [5, 5.41) is 7.67. The third kappa shape index (κ3) is 2.95. The molecule has 1 unspecified atom stereocenters. The van der Waals surface area contributed by atoms with Crippen molar-refractivity contribution < 1.29 is 9.90 Å². The Morgan fingerprint density at radius 3 is 2.46 bits per heavy atom. The minimum absolute atomic E-state index is 0.317. The lowest BCUT2D eigenvalue weighted by Gasteiger charge is -2.03. The summed E-state index contributed by atoms with van der Waals surface area (Å²) in [4.78, 5) is 10.4. The zero-order valence-electron chi connectivity index (χ0n) is 6.90. The number of nitrogen functional groups attached to an aromatic ring is 1. The molecule has 0 spiro atoms. The standard InChI is InChI=1S/C9H10ClNO2/c10-8(9(12)13)5-6-1-3-7(11)4-2-6/h1-4,8H,5,11H2,(H,12,13). The molecule has 0 aromatic heterocycles. The van der Waals surface area contributed by atoms with E-state index < -0.39 is 11.3 Å². The Balaban J connectivity index is 2.64. The normalized spacial score (nSPS) is 12.4. The van der Waals surface area contributed by atoms with Gasteiger partial charge in [-0.15, -0.1) is 11.6 Å². The molecule has 0 radical (unpaired) electrons. The van der Waals surface area contributed by atoms with Crippen molar-refractivity contribution in [2.24, 2.45) is 0 Å². The van der Waals surface area contributed by atoms with Crippen LogP contribution in [0.5, 0.6) is 0 Å². The molecule has 1 rings (SSSR count). The number of benzene rings is 1. The van der Waals surface area contributed by atoms with Crippen LogP contribution < -0.4 is 5.73 Å². The molecular weight excluding hydrogens is 190 g/mol. The Morgan fingerprint density at radius 1 is 1.46 bits per heavy atom. The topological polar surface area (TPSA) is 63.3 Å². The zero-order chi connectivity index (χ0) is 9.84. The van der Waals surface area contributed by atoms with E-state index in [2.05, 4.69) is 0 Å². The van der Waals surface area contributed by atoms with Crippen LogP contribution in [-0.4, -0.2) is 16.5 Å². The number of carbonyl (C=O) groups is 1. The maximum atomic E-state index is 10.4. The first kappa shape index (κ1) is 9.86. The van der Waals surface area contributed by atoms with Gasteiger partial charge in [-0.3, -0.25) is 4.79 Å². The van der Waals surface area contributed by atoms with E-state index in [0.717, 1.165) is 5.56 Å². The second-order valence-electron chi connectivity index (χ2n) is 2.75. The second-order valence-corrected chi connectivity index (χ2v) is 3.28. The lowest BCUT2D eigenvalue weighted by atomic mass is 10.1. The molecule has 13 heavy (non-hydrogen) atoms. The maximum absolute atomic E-state index is 10.4. The number of carboxylic acids is 1. The van der Waals surface area contributed by atoms with Crippen LogP contribution in [0.25, 0.3) is 0 Å². The molecule has 1 atom stereocenters. The highest BCUT2D eigenvalue weighted by Crippen LogP contribution is 2.10. The Labute approximate surface area is 81.1 Å². The third-order valence-corrected chi connectivity index (χ3v) is 2.00. The first-order valence-corrected chi connectivity index (χ1v) is 4.24. The van der Waals surface area contributed by atoms with E-state index in [-0.39, 0.29) is 0 Å². The Kier molecular flexibility index (Phi) is 3.14. The average Bonchev–Trinajstić information content (AvgIpc) is 2.08. The van der Waals surface area contributed by atoms with Crippen molar-refractivity contribution in [3.05, 3.63) is 29.8 Å². The summed E-state index contributed by atoms with van der Waals surface area (Å²) < 4.78 is 0. The number of anilines is 1. The molecule has 0 saturated heterocycles. The van der Waals surface area contributed by atoms with E-state index in [4.69, 9.17) is 22.4 Å². The SMILES string of the molecule is Nc1ccc(CC(Cl)C(=O)O)cc1. The van der Waals surface area contributed by atoms with Gasteiger partial charge in [-0.05, 0) is 24.1 Å². The Bertz CT molecular complexity index is 297. The molecule has 0 aliphatic heterocycles. The number of carboxylic acid groups (broad SMARTS) is 1. The molecule has 70 valence electrons. The van der Waals surface area contributed by atoms with Crippen LogP contribution in [0, 0.1) is 0 Å². The van der Waals surface area contributed by atoms with Crippen molar-refractivity contribution in [2.75, 3.05) is 5.73 Å². The molecule has 4 heteroatoms. The minimum atomic E-state index is -1.00. The van der Waals surface area contributed by atoms with Gasteiger partial charge in [0.1, 0.15) is 5.38 Å². The molecule has 0 bridgehead atoms. The van der Waals surface area contributed by atoms with E-state index in [1.807, 2.05) is 0 Å². The fourth-order valence-corrected chi connectivity index (χ4v) is 1.13. The van der Waals surface area contributed by atoms with Gasteiger partial charge < -0.3 is 10.8 Å². The lowest BCUT2D eigenvalue weighted by molar-refractivity contribution is -0.136. The number of rotatable bonds is 3. The summed E-state index contributed by atoms with van der Waals surface area (Å²) in [5.41, 5.74) is 7.00. The molecule has 1 aromatic rings. The first-order chi connectivity index (χ1) is 6.09. The quantitative estimate of drug-likeness (QED) is 0.573. The van der Waals surface area contributed by atoms with Gasteiger partial charge in [0.05, 0.1) is 0 Å². The number of alkyl halides is 1. The second kappa shape index (κ2) is 4.14. The van der Waals surface area contributed by atoms with Crippen molar-refractivity contribution in [2.45, 2.75) is 11.8 Å². The van der Waals surface area contributed by atoms with Crippen LogP contribution >= 0.6 is 11.6 Å². The van der Waals surface area contributed by atoms with Gasteiger partial charge in [-0.1, -0.05) is 12.1 Å². The summed E-state index contributed by atoms with van der Waals surface area (Å²) in [6.45, 7) is 0. The van der Waals surface area contributed by atoms with Crippen LogP contribution in [0.3, 0.4) is 0 Å². The number of hydrogen-bond donors (Lipinski definition) is 2. The van der Waals surface area contributed by atoms with Crippen LogP contribution in [0.15, 0.2) is 24.3 Å². The van der Waals surface area contributed by atoms with Crippen LogP contribution in [0.1, 0.15) is 5.56 Å². The highest BCUT2D eigenvalue weighted by molar-refractivity contribution is 6.29.